The van der Waals surface area contributed by atoms with Crippen LogP contribution in [0.25, 0.3) is 0 Å². The average molecular weight is 284 g/mol. The zero-order chi connectivity index (χ0) is 14.0. The van der Waals surface area contributed by atoms with Gasteiger partial charge in [0.1, 0.15) is 10.7 Å². The van der Waals surface area contributed by atoms with Crippen molar-refractivity contribution in [2.75, 3.05) is 30.7 Å². The first-order valence-corrected chi connectivity index (χ1v) is 7.26. The van der Waals surface area contributed by atoms with E-state index in [2.05, 4.69) is 10.3 Å². The van der Waals surface area contributed by atoms with Gasteiger partial charge in [-0.3, -0.25) is 4.79 Å². The maximum Gasteiger partial charge on any atom is 0.267 e. The first-order chi connectivity index (χ1) is 8.93. The molecule has 1 aliphatic rings. The second-order valence-corrected chi connectivity index (χ2v) is 6.05. The highest BCUT2D eigenvalue weighted by Crippen LogP contribution is 2.28. The number of nitrogens with two attached hydrogens (primary N) is 1. The van der Waals surface area contributed by atoms with Crippen LogP contribution in [0.15, 0.2) is 0 Å². The third kappa shape index (κ3) is 3.16. The molecule has 19 heavy (non-hydrogen) atoms. The smallest absolute Gasteiger partial charge is 0.267 e. The van der Waals surface area contributed by atoms with Gasteiger partial charge in [-0.15, -0.1) is 0 Å². The minimum absolute atomic E-state index is 0.0883. The van der Waals surface area contributed by atoms with Crippen LogP contribution in [0.5, 0.6) is 0 Å². The summed E-state index contributed by atoms with van der Waals surface area (Å²) in [7, 11) is 0. The van der Waals surface area contributed by atoms with E-state index >= 15 is 0 Å². The van der Waals surface area contributed by atoms with Gasteiger partial charge in [0.15, 0.2) is 5.13 Å². The van der Waals surface area contributed by atoms with Gasteiger partial charge in [0.2, 0.25) is 0 Å². The molecular formula is C12H20N4O2S. The van der Waals surface area contributed by atoms with Crippen molar-refractivity contribution in [3.8, 4) is 0 Å². The van der Waals surface area contributed by atoms with Crippen LogP contribution in [0.2, 0.25) is 0 Å². The van der Waals surface area contributed by atoms with Gasteiger partial charge < -0.3 is 21.1 Å². The predicted octanol–water partition coefficient (Wildman–Crippen LogP) is 1.14. The van der Waals surface area contributed by atoms with E-state index in [4.69, 9.17) is 5.73 Å². The highest BCUT2D eigenvalue weighted by Gasteiger charge is 2.31. The third-order valence-electron chi connectivity index (χ3n) is 3.30. The number of aliphatic hydroxyl groups is 1. The Morgan fingerprint density at radius 1 is 1.58 bits per heavy atom. The van der Waals surface area contributed by atoms with Crippen LogP contribution in [0.1, 0.15) is 36.4 Å². The molecule has 7 heteroatoms. The second-order valence-electron chi connectivity index (χ2n) is 5.05. The van der Waals surface area contributed by atoms with E-state index < -0.39 is 5.60 Å². The molecule has 106 valence electrons. The number of amides is 1. The summed E-state index contributed by atoms with van der Waals surface area (Å²) < 4.78 is 0. The van der Waals surface area contributed by atoms with Crippen LogP contribution in [0.4, 0.5) is 10.9 Å². The number of thiazole rings is 1. The molecule has 1 amide bonds. The van der Waals surface area contributed by atoms with E-state index in [1.165, 1.54) is 11.3 Å². The molecule has 0 radical (unpaired) electrons. The monoisotopic (exact) mass is 284 g/mol. The largest absolute Gasteiger partial charge is 0.390 e. The Kier molecular flexibility index (Phi) is 3.96. The number of likely N-dealkylation sites (tertiary alicyclic amines) is 1. The van der Waals surface area contributed by atoms with E-state index in [0.29, 0.717) is 35.9 Å². The van der Waals surface area contributed by atoms with Crippen molar-refractivity contribution >= 4 is 28.2 Å². The number of hydrogen-bond donors (Lipinski definition) is 3. The van der Waals surface area contributed by atoms with Crippen LogP contribution in [-0.4, -0.2) is 46.1 Å². The molecule has 0 spiro atoms. The quantitative estimate of drug-likeness (QED) is 0.774. The molecular weight excluding hydrogens is 264 g/mol. The summed E-state index contributed by atoms with van der Waals surface area (Å²) in [4.78, 5) is 18.7. The first-order valence-electron chi connectivity index (χ1n) is 6.45. The van der Waals surface area contributed by atoms with E-state index in [1.54, 1.807) is 11.8 Å². The van der Waals surface area contributed by atoms with Crippen molar-refractivity contribution in [1.29, 1.82) is 0 Å². The number of rotatable bonds is 3. The Bertz CT molecular complexity index is 462. The van der Waals surface area contributed by atoms with Crippen molar-refractivity contribution in [1.82, 2.24) is 9.88 Å². The van der Waals surface area contributed by atoms with Crippen molar-refractivity contribution in [2.45, 2.75) is 32.3 Å². The lowest BCUT2D eigenvalue weighted by Gasteiger charge is -2.35. The van der Waals surface area contributed by atoms with Crippen molar-refractivity contribution in [3.05, 3.63) is 4.88 Å². The molecule has 2 rings (SSSR count). The van der Waals surface area contributed by atoms with E-state index in [1.807, 2.05) is 6.92 Å². The molecule has 1 aromatic heterocycles. The lowest BCUT2D eigenvalue weighted by Crippen LogP contribution is -2.45. The molecule has 1 aliphatic heterocycles. The lowest BCUT2D eigenvalue weighted by atomic mass is 9.94. The Balaban J connectivity index is 2.08. The van der Waals surface area contributed by atoms with Gasteiger partial charge in [0, 0.05) is 19.6 Å². The van der Waals surface area contributed by atoms with Crippen LogP contribution in [0.3, 0.4) is 0 Å². The minimum atomic E-state index is -0.662. The zero-order valence-corrected chi connectivity index (χ0v) is 12.1. The van der Waals surface area contributed by atoms with Crippen molar-refractivity contribution in [2.24, 2.45) is 0 Å². The lowest BCUT2D eigenvalue weighted by molar-refractivity contribution is -0.00185. The molecule has 1 fully saturated rings. The minimum Gasteiger partial charge on any atom is -0.390 e. The van der Waals surface area contributed by atoms with Crippen LogP contribution in [-0.2, 0) is 0 Å². The summed E-state index contributed by atoms with van der Waals surface area (Å²) in [5.41, 5.74) is 5.13. The maximum atomic E-state index is 12.4. The first kappa shape index (κ1) is 14.1. The van der Waals surface area contributed by atoms with Crippen molar-refractivity contribution in [3.63, 3.8) is 0 Å². The summed E-state index contributed by atoms with van der Waals surface area (Å²) in [5.74, 6) is 0.193. The van der Waals surface area contributed by atoms with E-state index in [9.17, 15) is 9.90 Å². The molecule has 0 aliphatic carbocycles. The highest BCUT2D eigenvalue weighted by molar-refractivity contribution is 7.18. The predicted molar refractivity (Wildman–Crippen MR) is 76.5 cm³/mol. The van der Waals surface area contributed by atoms with E-state index in [-0.39, 0.29) is 11.7 Å². The van der Waals surface area contributed by atoms with E-state index in [0.717, 1.165) is 6.54 Å². The summed E-state index contributed by atoms with van der Waals surface area (Å²) in [6.07, 6.45) is 1.19. The van der Waals surface area contributed by atoms with Gasteiger partial charge in [0.25, 0.3) is 5.91 Å². The number of carbonyl (C=O) groups excluding carboxylic acids is 1. The highest BCUT2D eigenvalue weighted by atomic mass is 32.1. The molecule has 4 N–H and O–H groups in total. The zero-order valence-electron chi connectivity index (χ0n) is 11.3. The van der Waals surface area contributed by atoms with Crippen LogP contribution >= 0.6 is 11.3 Å². The topological polar surface area (TPSA) is 91.5 Å². The van der Waals surface area contributed by atoms with Gasteiger partial charge in [-0.05, 0) is 26.7 Å². The number of anilines is 2. The Morgan fingerprint density at radius 2 is 2.21 bits per heavy atom. The standard InChI is InChI=1S/C12H20N4O2S/c1-3-14-11-15-9(13)8(19-11)10(17)16-6-4-12(2,18)5-7-16/h18H,3-7,13H2,1-2H3,(H,14,15). The number of nitrogen functional groups attached to an aromatic ring is 1. The molecule has 2 heterocycles. The fourth-order valence-electron chi connectivity index (χ4n) is 2.05. The Morgan fingerprint density at radius 3 is 2.79 bits per heavy atom. The maximum absolute atomic E-state index is 12.4. The van der Waals surface area contributed by atoms with Gasteiger partial charge >= 0.3 is 0 Å². The number of piperidine rings is 1. The number of hydrogen-bond acceptors (Lipinski definition) is 6. The normalized spacial score (nSPS) is 18.4. The van der Waals surface area contributed by atoms with Crippen molar-refractivity contribution < 1.29 is 9.90 Å². The summed E-state index contributed by atoms with van der Waals surface area (Å²) in [6, 6.07) is 0. The molecule has 1 aromatic rings. The summed E-state index contributed by atoms with van der Waals surface area (Å²) in [6.45, 7) is 5.62. The molecule has 0 atom stereocenters. The van der Waals surface area contributed by atoms with Crippen LogP contribution in [0, 0.1) is 0 Å². The van der Waals surface area contributed by atoms with Gasteiger partial charge in [-0.1, -0.05) is 11.3 Å². The molecule has 0 bridgehead atoms. The SMILES string of the molecule is CCNc1nc(N)c(C(=O)N2CCC(C)(O)CC2)s1. The number of nitrogens with one attached hydrogen (secondary N) is 1. The number of nitrogens with zero attached hydrogens (tertiary/aromatic N) is 2. The van der Waals surface area contributed by atoms with Gasteiger partial charge in [-0.25, -0.2) is 4.98 Å². The van der Waals surface area contributed by atoms with Gasteiger partial charge in [0.05, 0.1) is 5.60 Å². The van der Waals surface area contributed by atoms with Gasteiger partial charge in [-0.2, -0.15) is 0 Å². The Labute approximate surface area is 116 Å². The number of carbonyl (C=O) groups is 1. The fourth-order valence-corrected chi connectivity index (χ4v) is 2.97. The summed E-state index contributed by atoms with van der Waals surface area (Å²) in [5, 5.41) is 13.6. The molecule has 0 aromatic carbocycles. The van der Waals surface area contributed by atoms with Crippen LogP contribution < -0.4 is 11.1 Å². The third-order valence-corrected chi connectivity index (χ3v) is 4.32. The molecule has 0 saturated carbocycles. The average Bonchev–Trinajstić information content (AvgIpc) is 2.70. The molecule has 6 nitrogen and oxygen atoms in total. The second kappa shape index (κ2) is 5.34. The molecule has 1 saturated heterocycles. The molecule has 0 unspecified atom stereocenters. The number of aromatic nitrogens is 1. The fraction of sp³-hybridized carbons (Fsp3) is 0.667. The Hall–Kier alpha value is -1.34. The summed E-state index contributed by atoms with van der Waals surface area (Å²) >= 11 is 1.28.